The number of ether oxygens (including phenoxy) is 1. The fourth-order valence-electron chi connectivity index (χ4n) is 2.48. The largest absolute Gasteiger partial charge is 0.451 e. The van der Waals surface area contributed by atoms with E-state index in [1.54, 1.807) is 0 Å². The number of esters is 1. The summed E-state index contributed by atoms with van der Waals surface area (Å²) in [6.45, 7) is 4.14. The SMILES string of the molecule is CCCC(CCC)CC(O)C1OC(=O)C(=O)C1O. The maximum atomic E-state index is 11.1. The Bertz CT molecular complexity index is 296. The minimum absolute atomic E-state index is 0.330. The molecule has 1 aliphatic rings. The van der Waals surface area contributed by atoms with Crippen molar-refractivity contribution in [2.75, 3.05) is 0 Å². The van der Waals surface area contributed by atoms with Crippen molar-refractivity contribution in [3.8, 4) is 0 Å². The lowest BCUT2D eigenvalue weighted by Gasteiger charge is -2.23. The zero-order valence-corrected chi connectivity index (χ0v) is 11.0. The molecule has 3 atom stereocenters. The Morgan fingerprint density at radius 3 is 2.17 bits per heavy atom. The van der Waals surface area contributed by atoms with Crippen molar-refractivity contribution in [2.24, 2.45) is 5.92 Å². The zero-order valence-electron chi connectivity index (χ0n) is 11.0. The molecule has 0 aliphatic carbocycles. The number of aliphatic hydroxyl groups excluding tert-OH is 2. The maximum absolute atomic E-state index is 11.1. The molecule has 1 fully saturated rings. The molecule has 0 aromatic carbocycles. The summed E-state index contributed by atoms with van der Waals surface area (Å²) in [6, 6.07) is 0. The molecule has 2 N–H and O–H groups in total. The predicted molar refractivity (Wildman–Crippen MR) is 64.8 cm³/mol. The predicted octanol–water partition coefficient (Wildman–Crippen LogP) is 0.809. The topological polar surface area (TPSA) is 83.8 Å². The minimum Gasteiger partial charge on any atom is -0.451 e. The first-order valence-corrected chi connectivity index (χ1v) is 6.62. The van der Waals surface area contributed by atoms with Crippen LogP contribution in [0.2, 0.25) is 0 Å². The summed E-state index contributed by atoms with van der Waals surface area (Å²) in [5.74, 6) is -1.67. The lowest BCUT2D eigenvalue weighted by Crippen LogP contribution is -2.38. The maximum Gasteiger partial charge on any atom is 0.378 e. The molecule has 0 spiro atoms. The quantitative estimate of drug-likeness (QED) is 0.521. The second-order valence-electron chi connectivity index (χ2n) is 4.93. The summed E-state index contributed by atoms with van der Waals surface area (Å²) in [5, 5.41) is 19.5. The van der Waals surface area contributed by atoms with Crippen LogP contribution in [0.4, 0.5) is 0 Å². The van der Waals surface area contributed by atoms with Crippen LogP contribution < -0.4 is 0 Å². The Kier molecular flexibility index (Phi) is 5.75. The van der Waals surface area contributed by atoms with Gasteiger partial charge in [-0.1, -0.05) is 39.5 Å². The van der Waals surface area contributed by atoms with Crippen molar-refractivity contribution in [1.82, 2.24) is 0 Å². The summed E-state index contributed by atoms with van der Waals surface area (Å²) >= 11 is 0. The van der Waals surface area contributed by atoms with Crippen LogP contribution in [-0.4, -0.2) is 40.3 Å². The lowest BCUT2D eigenvalue weighted by molar-refractivity contribution is -0.151. The fourth-order valence-corrected chi connectivity index (χ4v) is 2.48. The molecule has 1 saturated heterocycles. The van der Waals surface area contributed by atoms with Crippen LogP contribution >= 0.6 is 0 Å². The molecule has 5 heteroatoms. The van der Waals surface area contributed by atoms with E-state index in [1.807, 2.05) is 0 Å². The molecule has 0 amide bonds. The van der Waals surface area contributed by atoms with Gasteiger partial charge in [0, 0.05) is 0 Å². The molecule has 104 valence electrons. The molecular formula is C13H22O5. The fraction of sp³-hybridized carbons (Fsp3) is 0.846. The first-order valence-electron chi connectivity index (χ1n) is 6.62. The van der Waals surface area contributed by atoms with Gasteiger partial charge < -0.3 is 14.9 Å². The molecule has 0 aromatic rings. The van der Waals surface area contributed by atoms with Crippen molar-refractivity contribution in [1.29, 1.82) is 0 Å². The van der Waals surface area contributed by atoms with Crippen LogP contribution in [0.15, 0.2) is 0 Å². The number of rotatable bonds is 7. The third-order valence-electron chi connectivity index (χ3n) is 3.37. The number of carbonyl (C=O) groups excluding carboxylic acids is 2. The number of Topliss-reactive ketones (excluding diaryl/α,β-unsaturated/α-hetero) is 1. The highest BCUT2D eigenvalue weighted by atomic mass is 16.6. The van der Waals surface area contributed by atoms with Gasteiger partial charge in [0.2, 0.25) is 0 Å². The molecule has 18 heavy (non-hydrogen) atoms. The minimum atomic E-state index is -1.52. The van der Waals surface area contributed by atoms with Gasteiger partial charge in [0.15, 0.2) is 12.2 Å². The highest BCUT2D eigenvalue weighted by Gasteiger charge is 2.46. The first-order chi connectivity index (χ1) is 8.51. The molecule has 0 radical (unpaired) electrons. The molecule has 1 heterocycles. The zero-order chi connectivity index (χ0) is 13.7. The highest BCUT2D eigenvalue weighted by Crippen LogP contribution is 2.25. The number of carbonyl (C=O) groups is 2. The van der Waals surface area contributed by atoms with E-state index in [1.165, 1.54) is 0 Å². The van der Waals surface area contributed by atoms with Crippen molar-refractivity contribution in [3.05, 3.63) is 0 Å². The van der Waals surface area contributed by atoms with E-state index < -0.39 is 30.1 Å². The van der Waals surface area contributed by atoms with Gasteiger partial charge >= 0.3 is 5.97 Å². The molecule has 1 rings (SSSR count). The van der Waals surface area contributed by atoms with E-state index in [9.17, 15) is 19.8 Å². The van der Waals surface area contributed by atoms with E-state index in [-0.39, 0.29) is 0 Å². The summed E-state index contributed by atoms with van der Waals surface area (Å²) in [4.78, 5) is 22.1. The van der Waals surface area contributed by atoms with E-state index >= 15 is 0 Å². The molecule has 0 bridgehead atoms. The van der Waals surface area contributed by atoms with E-state index in [4.69, 9.17) is 4.74 Å². The van der Waals surface area contributed by atoms with Gasteiger partial charge in [0.25, 0.3) is 5.78 Å². The van der Waals surface area contributed by atoms with Crippen LogP contribution in [0, 0.1) is 5.92 Å². The van der Waals surface area contributed by atoms with E-state index in [0.29, 0.717) is 12.3 Å². The van der Waals surface area contributed by atoms with Crippen molar-refractivity contribution in [2.45, 2.75) is 64.3 Å². The monoisotopic (exact) mass is 258 g/mol. The molecule has 5 nitrogen and oxygen atoms in total. The average molecular weight is 258 g/mol. The number of hydrogen-bond donors (Lipinski definition) is 2. The van der Waals surface area contributed by atoms with Crippen molar-refractivity contribution < 1.29 is 24.5 Å². The van der Waals surface area contributed by atoms with Gasteiger partial charge in [-0.2, -0.15) is 0 Å². The average Bonchev–Trinajstić information content (AvgIpc) is 2.58. The van der Waals surface area contributed by atoms with Gasteiger partial charge in [-0.05, 0) is 12.3 Å². The Morgan fingerprint density at radius 1 is 1.22 bits per heavy atom. The Morgan fingerprint density at radius 2 is 1.78 bits per heavy atom. The Labute approximate surface area is 107 Å². The first kappa shape index (κ1) is 15.1. The smallest absolute Gasteiger partial charge is 0.378 e. The van der Waals surface area contributed by atoms with Gasteiger partial charge in [-0.25, -0.2) is 4.79 Å². The van der Waals surface area contributed by atoms with Crippen LogP contribution in [-0.2, 0) is 14.3 Å². The standard InChI is InChI=1S/C13H22O5/c1-3-5-8(6-4-2)7-9(14)12-10(15)11(16)13(17)18-12/h8-10,12,14-15H,3-7H2,1-2H3. The summed E-state index contributed by atoms with van der Waals surface area (Å²) < 4.78 is 4.72. The summed E-state index contributed by atoms with van der Waals surface area (Å²) in [5.41, 5.74) is 0. The molecule has 3 unspecified atom stereocenters. The second-order valence-corrected chi connectivity index (χ2v) is 4.93. The molecule has 1 aliphatic heterocycles. The Balaban J connectivity index is 2.56. The van der Waals surface area contributed by atoms with Crippen molar-refractivity contribution in [3.63, 3.8) is 0 Å². The number of hydrogen-bond acceptors (Lipinski definition) is 5. The molecular weight excluding hydrogens is 236 g/mol. The highest BCUT2D eigenvalue weighted by molar-refractivity contribution is 6.37. The van der Waals surface area contributed by atoms with Crippen LogP contribution in [0.25, 0.3) is 0 Å². The van der Waals surface area contributed by atoms with Crippen LogP contribution in [0.5, 0.6) is 0 Å². The van der Waals surface area contributed by atoms with Gasteiger partial charge in [-0.3, -0.25) is 4.79 Å². The third kappa shape index (κ3) is 3.53. The number of cyclic esters (lactones) is 1. The van der Waals surface area contributed by atoms with Crippen molar-refractivity contribution >= 4 is 11.8 Å². The Hall–Kier alpha value is -0.940. The summed E-state index contributed by atoms with van der Waals surface area (Å²) in [6.07, 6.45) is 0.859. The lowest BCUT2D eigenvalue weighted by atomic mass is 9.89. The van der Waals surface area contributed by atoms with E-state index in [0.717, 1.165) is 25.7 Å². The molecule has 0 aromatic heterocycles. The summed E-state index contributed by atoms with van der Waals surface area (Å²) in [7, 11) is 0. The van der Waals surface area contributed by atoms with Gasteiger partial charge in [-0.15, -0.1) is 0 Å². The van der Waals surface area contributed by atoms with Gasteiger partial charge in [0.1, 0.15) is 0 Å². The van der Waals surface area contributed by atoms with Gasteiger partial charge in [0.05, 0.1) is 6.10 Å². The second kappa shape index (κ2) is 6.85. The third-order valence-corrected chi connectivity index (χ3v) is 3.37. The van der Waals surface area contributed by atoms with Crippen LogP contribution in [0.3, 0.4) is 0 Å². The number of aliphatic hydroxyl groups is 2. The van der Waals surface area contributed by atoms with E-state index in [2.05, 4.69) is 13.8 Å². The molecule has 0 saturated carbocycles. The van der Waals surface area contributed by atoms with Crippen LogP contribution in [0.1, 0.15) is 46.0 Å². The number of ketones is 1. The normalized spacial score (nSPS) is 25.6.